The van der Waals surface area contributed by atoms with Gasteiger partial charge in [-0.25, -0.2) is 4.98 Å². The van der Waals surface area contributed by atoms with Crippen molar-refractivity contribution >= 4 is 11.3 Å². The van der Waals surface area contributed by atoms with Gasteiger partial charge >= 0.3 is 0 Å². The van der Waals surface area contributed by atoms with Crippen molar-refractivity contribution in [3.8, 4) is 0 Å². The van der Waals surface area contributed by atoms with Crippen LogP contribution < -0.4 is 0 Å². The summed E-state index contributed by atoms with van der Waals surface area (Å²) in [5.74, 6) is 0. The van der Waals surface area contributed by atoms with Crippen LogP contribution in [0.25, 0.3) is 0 Å². The SMILES string of the molecule is CCc1nc(C2(CO)CCC2)cs1. The molecule has 0 amide bonds. The summed E-state index contributed by atoms with van der Waals surface area (Å²) in [4.78, 5) is 4.55. The summed E-state index contributed by atoms with van der Waals surface area (Å²) in [6.45, 7) is 2.38. The van der Waals surface area contributed by atoms with Crippen LogP contribution in [0.5, 0.6) is 0 Å². The molecule has 1 aliphatic carbocycles. The fourth-order valence-electron chi connectivity index (χ4n) is 1.82. The van der Waals surface area contributed by atoms with Gasteiger partial charge in [-0.2, -0.15) is 0 Å². The van der Waals surface area contributed by atoms with Crippen LogP contribution in [0.3, 0.4) is 0 Å². The largest absolute Gasteiger partial charge is 0.395 e. The van der Waals surface area contributed by atoms with Gasteiger partial charge in [0.15, 0.2) is 0 Å². The third kappa shape index (κ3) is 1.40. The Morgan fingerprint density at radius 3 is 2.77 bits per heavy atom. The number of aromatic nitrogens is 1. The Bertz CT molecular complexity index is 285. The van der Waals surface area contributed by atoms with Crippen LogP contribution in [0.2, 0.25) is 0 Å². The van der Waals surface area contributed by atoms with Crippen LogP contribution in [0.15, 0.2) is 5.38 Å². The zero-order chi connectivity index (χ0) is 9.31. The van der Waals surface area contributed by atoms with E-state index >= 15 is 0 Å². The third-order valence-electron chi connectivity index (χ3n) is 3.01. The number of aryl methyl sites for hydroxylation is 1. The first-order valence-electron chi connectivity index (χ1n) is 4.86. The molecule has 1 aliphatic rings. The van der Waals surface area contributed by atoms with E-state index in [1.807, 2.05) is 0 Å². The molecule has 1 fully saturated rings. The van der Waals surface area contributed by atoms with E-state index in [0.717, 1.165) is 25.0 Å². The molecule has 3 heteroatoms. The van der Waals surface area contributed by atoms with Gasteiger partial charge in [-0.15, -0.1) is 11.3 Å². The summed E-state index contributed by atoms with van der Waals surface area (Å²) in [6.07, 6.45) is 4.46. The van der Waals surface area contributed by atoms with E-state index in [9.17, 15) is 5.11 Å². The average Bonchev–Trinajstić information content (AvgIpc) is 2.52. The molecule has 1 aromatic rings. The van der Waals surface area contributed by atoms with Crippen molar-refractivity contribution in [2.75, 3.05) is 6.61 Å². The number of aliphatic hydroxyl groups excluding tert-OH is 1. The van der Waals surface area contributed by atoms with Gasteiger partial charge in [0.05, 0.1) is 17.3 Å². The van der Waals surface area contributed by atoms with Crippen LogP contribution in [0.4, 0.5) is 0 Å². The highest BCUT2D eigenvalue weighted by Gasteiger charge is 2.39. The molecule has 1 heterocycles. The summed E-state index contributed by atoms with van der Waals surface area (Å²) in [6, 6.07) is 0. The predicted octanol–water partition coefficient (Wildman–Crippen LogP) is 2.12. The fourth-order valence-corrected chi connectivity index (χ4v) is 2.68. The summed E-state index contributed by atoms with van der Waals surface area (Å²) < 4.78 is 0. The lowest BCUT2D eigenvalue weighted by atomic mass is 9.67. The molecule has 0 atom stereocenters. The predicted molar refractivity (Wildman–Crippen MR) is 54.1 cm³/mol. The minimum atomic E-state index is 0.0317. The first-order valence-corrected chi connectivity index (χ1v) is 5.74. The molecule has 1 N–H and O–H groups in total. The van der Waals surface area contributed by atoms with Gasteiger partial charge in [0, 0.05) is 10.8 Å². The van der Waals surface area contributed by atoms with Crippen molar-refractivity contribution in [2.24, 2.45) is 0 Å². The molecule has 0 saturated heterocycles. The maximum atomic E-state index is 9.34. The van der Waals surface area contributed by atoms with E-state index in [1.165, 1.54) is 11.4 Å². The fraction of sp³-hybridized carbons (Fsp3) is 0.700. The Morgan fingerprint density at radius 1 is 1.62 bits per heavy atom. The molecule has 0 spiro atoms. The molecule has 0 aromatic carbocycles. The molecule has 0 aliphatic heterocycles. The molecule has 0 unspecified atom stereocenters. The maximum Gasteiger partial charge on any atom is 0.0925 e. The quantitative estimate of drug-likeness (QED) is 0.805. The van der Waals surface area contributed by atoms with E-state index in [4.69, 9.17) is 0 Å². The highest BCUT2D eigenvalue weighted by Crippen LogP contribution is 2.43. The molecule has 1 saturated carbocycles. The first-order chi connectivity index (χ1) is 6.30. The third-order valence-corrected chi connectivity index (χ3v) is 4.00. The molecule has 13 heavy (non-hydrogen) atoms. The van der Waals surface area contributed by atoms with Gasteiger partial charge in [0.1, 0.15) is 0 Å². The van der Waals surface area contributed by atoms with Gasteiger partial charge in [0.25, 0.3) is 0 Å². The second kappa shape index (κ2) is 3.39. The summed E-state index contributed by atoms with van der Waals surface area (Å²) in [5, 5.41) is 12.6. The van der Waals surface area contributed by atoms with E-state index in [2.05, 4.69) is 17.3 Å². The normalized spacial score (nSPS) is 19.8. The van der Waals surface area contributed by atoms with Crippen LogP contribution in [-0.2, 0) is 11.8 Å². The second-order valence-corrected chi connectivity index (χ2v) is 4.71. The molecule has 0 radical (unpaired) electrons. The number of hydrogen-bond acceptors (Lipinski definition) is 3. The van der Waals surface area contributed by atoms with Crippen LogP contribution in [-0.4, -0.2) is 16.7 Å². The lowest BCUT2D eigenvalue weighted by molar-refractivity contribution is 0.117. The Morgan fingerprint density at radius 2 is 2.38 bits per heavy atom. The monoisotopic (exact) mass is 197 g/mol. The molecule has 2 nitrogen and oxygen atoms in total. The smallest absolute Gasteiger partial charge is 0.0925 e. The summed E-state index contributed by atoms with van der Waals surface area (Å²) >= 11 is 1.72. The molecule has 2 rings (SSSR count). The van der Waals surface area contributed by atoms with E-state index in [0.29, 0.717) is 0 Å². The summed E-state index contributed by atoms with van der Waals surface area (Å²) in [5.41, 5.74) is 1.16. The topological polar surface area (TPSA) is 33.1 Å². The Hall–Kier alpha value is -0.410. The Balaban J connectivity index is 2.23. The van der Waals surface area contributed by atoms with Crippen LogP contribution >= 0.6 is 11.3 Å². The maximum absolute atomic E-state index is 9.34. The van der Waals surface area contributed by atoms with Crippen LogP contribution in [0.1, 0.15) is 36.9 Å². The zero-order valence-electron chi connectivity index (χ0n) is 7.92. The Labute approximate surface area is 82.6 Å². The van der Waals surface area contributed by atoms with Crippen molar-refractivity contribution in [3.63, 3.8) is 0 Å². The van der Waals surface area contributed by atoms with Crippen molar-refractivity contribution in [3.05, 3.63) is 16.1 Å². The van der Waals surface area contributed by atoms with Crippen LogP contribution in [0, 0.1) is 0 Å². The van der Waals surface area contributed by atoms with Gasteiger partial charge in [-0.3, -0.25) is 0 Å². The number of rotatable bonds is 3. The average molecular weight is 197 g/mol. The zero-order valence-corrected chi connectivity index (χ0v) is 8.73. The number of thiazole rings is 1. The van der Waals surface area contributed by atoms with Gasteiger partial charge in [0.2, 0.25) is 0 Å². The van der Waals surface area contributed by atoms with Crippen molar-refractivity contribution in [2.45, 2.75) is 38.0 Å². The van der Waals surface area contributed by atoms with Crippen molar-refractivity contribution < 1.29 is 5.11 Å². The van der Waals surface area contributed by atoms with Gasteiger partial charge in [-0.1, -0.05) is 13.3 Å². The van der Waals surface area contributed by atoms with Crippen molar-refractivity contribution in [1.29, 1.82) is 0 Å². The van der Waals surface area contributed by atoms with E-state index in [-0.39, 0.29) is 12.0 Å². The molecule has 1 aromatic heterocycles. The Kier molecular flexibility index (Phi) is 2.39. The number of nitrogens with zero attached hydrogens (tertiary/aromatic N) is 1. The lowest BCUT2D eigenvalue weighted by Crippen LogP contribution is -2.38. The summed E-state index contributed by atoms with van der Waals surface area (Å²) in [7, 11) is 0. The van der Waals surface area contributed by atoms with E-state index in [1.54, 1.807) is 11.3 Å². The van der Waals surface area contributed by atoms with E-state index < -0.39 is 0 Å². The lowest BCUT2D eigenvalue weighted by Gasteiger charge is -2.38. The molecular formula is C10H15NOS. The molecular weight excluding hydrogens is 182 g/mol. The molecule has 0 bridgehead atoms. The minimum Gasteiger partial charge on any atom is -0.395 e. The van der Waals surface area contributed by atoms with Crippen molar-refractivity contribution in [1.82, 2.24) is 4.98 Å². The highest BCUT2D eigenvalue weighted by atomic mass is 32.1. The standard InChI is InChI=1S/C10H15NOS/c1-2-9-11-8(6-13-9)10(7-12)4-3-5-10/h6,12H,2-5,7H2,1H3. The number of hydrogen-bond donors (Lipinski definition) is 1. The highest BCUT2D eigenvalue weighted by molar-refractivity contribution is 7.09. The van der Waals surface area contributed by atoms with Gasteiger partial charge in [-0.05, 0) is 19.3 Å². The van der Waals surface area contributed by atoms with Gasteiger partial charge < -0.3 is 5.11 Å². The number of aliphatic hydroxyl groups is 1. The minimum absolute atomic E-state index is 0.0317. The first kappa shape index (κ1) is 9.16. The second-order valence-electron chi connectivity index (χ2n) is 3.77. The molecule has 72 valence electrons.